The molecule has 26 heavy (non-hydrogen) atoms. The maximum atomic E-state index is 12.1. The SMILES string of the molecule is C[C@@H]1[C@H]([C@H](C=O)[C@@H](C)O)N=C(C(=O)O)[C@H]1S[C@@H]1CN[C@H](C(=O)N(C)C)C1. The molecule has 0 unspecified atom stereocenters. The summed E-state index contributed by atoms with van der Waals surface area (Å²) in [5, 5.41) is 22.3. The lowest BCUT2D eigenvalue weighted by Gasteiger charge is -2.26. The third-order valence-electron chi connectivity index (χ3n) is 5.07. The van der Waals surface area contributed by atoms with Crippen molar-refractivity contribution >= 4 is 35.6 Å². The number of amides is 1. The number of aliphatic carboxylic acids is 1. The molecule has 146 valence electrons. The summed E-state index contributed by atoms with van der Waals surface area (Å²) in [5.74, 6) is -2.01. The van der Waals surface area contributed by atoms with Gasteiger partial charge in [-0.2, -0.15) is 0 Å². The average molecular weight is 385 g/mol. The number of aliphatic imine (C=N–C) groups is 1. The van der Waals surface area contributed by atoms with Gasteiger partial charge in [0.15, 0.2) is 0 Å². The molecule has 0 saturated carbocycles. The monoisotopic (exact) mass is 385 g/mol. The number of carboxylic acids is 1. The van der Waals surface area contributed by atoms with E-state index in [-0.39, 0.29) is 34.1 Å². The number of aliphatic hydroxyl groups excluding tert-OH is 1. The van der Waals surface area contributed by atoms with Crippen LogP contribution in [0.25, 0.3) is 0 Å². The molecule has 1 fully saturated rings. The molecule has 2 rings (SSSR count). The highest BCUT2D eigenvalue weighted by molar-refractivity contribution is 8.01. The summed E-state index contributed by atoms with van der Waals surface area (Å²) < 4.78 is 0. The third kappa shape index (κ3) is 4.27. The number of carbonyl (C=O) groups excluding carboxylic acids is 2. The Balaban J connectivity index is 2.11. The van der Waals surface area contributed by atoms with Crippen LogP contribution in [0.15, 0.2) is 4.99 Å². The molecule has 0 spiro atoms. The predicted octanol–water partition coefficient (Wildman–Crippen LogP) is -0.353. The fourth-order valence-corrected chi connectivity index (χ4v) is 5.19. The molecule has 7 atom stereocenters. The Bertz CT molecular complexity index is 595. The lowest BCUT2D eigenvalue weighted by molar-refractivity contribution is -0.130. The number of hydrogen-bond acceptors (Lipinski definition) is 7. The standard InChI is InChI=1S/C17H27N3O5S/c1-8-13(11(7-21)9(2)22)19-14(17(24)25)15(8)26-10-5-12(18-6-10)16(23)20(3)4/h7-13,15,18,22H,5-6H2,1-4H3,(H,24,25)/t8-,9-,10+,11-,12+,13-,15+/m1/s1. The van der Waals surface area contributed by atoms with Gasteiger partial charge in [-0.25, -0.2) is 4.79 Å². The first-order valence-electron chi connectivity index (χ1n) is 8.71. The van der Waals surface area contributed by atoms with Gasteiger partial charge in [-0.3, -0.25) is 9.79 Å². The van der Waals surface area contributed by atoms with Crippen LogP contribution in [0.2, 0.25) is 0 Å². The van der Waals surface area contributed by atoms with E-state index in [9.17, 15) is 24.6 Å². The van der Waals surface area contributed by atoms with Crippen LogP contribution >= 0.6 is 11.8 Å². The van der Waals surface area contributed by atoms with E-state index in [0.29, 0.717) is 19.3 Å². The van der Waals surface area contributed by atoms with E-state index in [1.165, 1.54) is 18.7 Å². The van der Waals surface area contributed by atoms with Gasteiger partial charge >= 0.3 is 5.97 Å². The van der Waals surface area contributed by atoms with Crippen LogP contribution in [-0.2, 0) is 14.4 Å². The van der Waals surface area contributed by atoms with Crippen LogP contribution in [0, 0.1) is 11.8 Å². The van der Waals surface area contributed by atoms with E-state index in [2.05, 4.69) is 10.3 Å². The van der Waals surface area contributed by atoms with Crippen LogP contribution in [0.3, 0.4) is 0 Å². The number of hydrogen-bond donors (Lipinski definition) is 3. The van der Waals surface area contributed by atoms with Gasteiger partial charge in [-0.15, -0.1) is 11.8 Å². The molecule has 0 aromatic heterocycles. The summed E-state index contributed by atoms with van der Waals surface area (Å²) in [4.78, 5) is 40.9. The summed E-state index contributed by atoms with van der Waals surface area (Å²) in [6.45, 7) is 4.00. The molecule has 0 aromatic carbocycles. The van der Waals surface area contributed by atoms with Crippen molar-refractivity contribution in [2.75, 3.05) is 20.6 Å². The fraction of sp³-hybridized carbons (Fsp3) is 0.765. The second kappa shape index (κ2) is 8.49. The third-order valence-corrected chi connectivity index (χ3v) is 6.76. The smallest absolute Gasteiger partial charge is 0.350 e. The predicted molar refractivity (Wildman–Crippen MR) is 99.5 cm³/mol. The first-order valence-corrected chi connectivity index (χ1v) is 9.66. The molecular formula is C17H27N3O5S. The molecule has 2 aliphatic rings. The second-order valence-electron chi connectivity index (χ2n) is 7.23. The molecule has 9 heteroatoms. The van der Waals surface area contributed by atoms with E-state index >= 15 is 0 Å². The van der Waals surface area contributed by atoms with Gasteiger partial charge in [0.05, 0.1) is 29.4 Å². The summed E-state index contributed by atoms with van der Waals surface area (Å²) in [6, 6.07) is -0.815. The number of likely N-dealkylation sites (N-methyl/N-ethyl adjacent to an activating group) is 1. The molecule has 2 aliphatic heterocycles. The van der Waals surface area contributed by atoms with Gasteiger partial charge in [0.2, 0.25) is 5.91 Å². The average Bonchev–Trinajstić information content (AvgIpc) is 3.14. The number of nitrogens with one attached hydrogen (secondary N) is 1. The Morgan fingerprint density at radius 3 is 2.58 bits per heavy atom. The second-order valence-corrected chi connectivity index (χ2v) is 8.68. The van der Waals surface area contributed by atoms with Gasteiger partial charge in [-0.1, -0.05) is 6.92 Å². The van der Waals surface area contributed by atoms with Gasteiger partial charge in [-0.05, 0) is 19.3 Å². The van der Waals surface area contributed by atoms with E-state index < -0.39 is 24.0 Å². The normalized spacial score (nSPS) is 33.4. The van der Waals surface area contributed by atoms with Gasteiger partial charge in [0.25, 0.3) is 0 Å². The molecular weight excluding hydrogens is 358 g/mol. The number of nitrogens with zero attached hydrogens (tertiary/aromatic N) is 2. The number of rotatable bonds is 7. The highest BCUT2D eigenvalue weighted by Crippen LogP contribution is 2.39. The van der Waals surface area contributed by atoms with Crippen molar-refractivity contribution in [1.29, 1.82) is 0 Å². The van der Waals surface area contributed by atoms with Crippen molar-refractivity contribution in [3.63, 3.8) is 0 Å². The highest BCUT2D eigenvalue weighted by atomic mass is 32.2. The highest BCUT2D eigenvalue weighted by Gasteiger charge is 2.45. The minimum Gasteiger partial charge on any atom is -0.477 e. The zero-order valence-corrected chi connectivity index (χ0v) is 16.3. The maximum Gasteiger partial charge on any atom is 0.350 e. The van der Waals surface area contributed by atoms with Gasteiger partial charge in [0, 0.05) is 25.9 Å². The number of carbonyl (C=O) groups is 3. The Hall–Kier alpha value is -1.45. The van der Waals surface area contributed by atoms with E-state index in [1.807, 2.05) is 6.92 Å². The first kappa shape index (κ1) is 20.9. The first-order chi connectivity index (χ1) is 12.2. The van der Waals surface area contributed by atoms with Gasteiger partial charge < -0.3 is 25.2 Å². The van der Waals surface area contributed by atoms with Crippen molar-refractivity contribution in [1.82, 2.24) is 10.2 Å². The number of thioether (sulfide) groups is 1. The summed E-state index contributed by atoms with van der Waals surface area (Å²) in [6.07, 6.45) is 0.388. The largest absolute Gasteiger partial charge is 0.477 e. The van der Waals surface area contributed by atoms with Crippen molar-refractivity contribution in [3.8, 4) is 0 Å². The summed E-state index contributed by atoms with van der Waals surface area (Å²) in [7, 11) is 3.41. The molecule has 0 radical (unpaired) electrons. The van der Waals surface area contributed by atoms with Crippen LogP contribution in [0.5, 0.6) is 0 Å². The van der Waals surface area contributed by atoms with Crippen LogP contribution < -0.4 is 5.32 Å². The quantitative estimate of drug-likeness (QED) is 0.512. The number of carboxylic acid groups (broad SMARTS) is 1. The molecule has 8 nitrogen and oxygen atoms in total. The van der Waals surface area contributed by atoms with Crippen LogP contribution in [-0.4, -0.2) is 88.3 Å². The van der Waals surface area contributed by atoms with E-state index in [0.717, 1.165) is 0 Å². The zero-order chi connectivity index (χ0) is 19.6. The molecule has 3 N–H and O–H groups in total. The van der Waals surface area contributed by atoms with E-state index in [4.69, 9.17) is 0 Å². The molecule has 1 saturated heterocycles. The maximum absolute atomic E-state index is 12.1. The van der Waals surface area contributed by atoms with Crippen molar-refractivity contribution in [2.45, 2.75) is 49.0 Å². The molecule has 0 aliphatic carbocycles. The Morgan fingerprint density at radius 1 is 1.42 bits per heavy atom. The summed E-state index contributed by atoms with van der Waals surface area (Å²) >= 11 is 1.49. The molecule has 0 aromatic rings. The minimum atomic E-state index is -1.10. The molecule has 1 amide bonds. The van der Waals surface area contributed by atoms with Crippen molar-refractivity contribution in [3.05, 3.63) is 0 Å². The van der Waals surface area contributed by atoms with Crippen molar-refractivity contribution < 1.29 is 24.6 Å². The van der Waals surface area contributed by atoms with Crippen LogP contribution in [0.1, 0.15) is 20.3 Å². The number of aliphatic hydroxyl groups is 1. The summed E-state index contributed by atoms with van der Waals surface area (Å²) in [5.41, 5.74) is 0.0439. The lowest BCUT2D eigenvalue weighted by Crippen LogP contribution is -2.39. The fourth-order valence-electron chi connectivity index (χ4n) is 3.58. The minimum absolute atomic E-state index is 0.00713. The van der Waals surface area contributed by atoms with E-state index in [1.54, 1.807) is 19.0 Å². The lowest BCUT2D eigenvalue weighted by atomic mass is 9.87. The Morgan fingerprint density at radius 2 is 2.08 bits per heavy atom. The zero-order valence-electron chi connectivity index (χ0n) is 15.5. The molecule has 2 heterocycles. The van der Waals surface area contributed by atoms with Gasteiger partial charge in [0.1, 0.15) is 12.0 Å². The van der Waals surface area contributed by atoms with Crippen molar-refractivity contribution in [2.24, 2.45) is 16.8 Å². The Labute approximate surface area is 157 Å². The topological polar surface area (TPSA) is 119 Å². The number of aldehydes is 1. The van der Waals surface area contributed by atoms with Crippen LogP contribution in [0.4, 0.5) is 0 Å². The molecule has 0 bridgehead atoms. The Kier molecular flexibility index (Phi) is 6.81.